The summed E-state index contributed by atoms with van der Waals surface area (Å²) in [5.41, 5.74) is 6.58. The number of benzene rings is 1. The normalized spacial score (nSPS) is 25.0. The highest BCUT2D eigenvalue weighted by Crippen LogP contribution is 2.32. The fourth-order valence-electron chi connectivity index (χ4n) is 11.2. The number of carbonyl (C=O) groups excluding carboxylic acids is 13. The maximum atomic E-state index is 15.5. The van der Waals surface area contributed by atoms with E-state index in [4.69, 9.17) is 37.3 Å². The Labute approximate surface area is 605 Å². The SMILES string of the molecule is CC[C@@H](C)C=C(C)C=C[C@H](O)[C@](C)(O)C(=O)NCC(=O)N[C@@](C)(C(=O)N[C@H](C(=O)N[C@H](C(=O)N[C@@H]1C(=O)N[C@H](COC)C(=O)NCC(=O)N[C@@H](C)C(=O)N(C)[C@@H]([C@H](C)O)C(=O)N[C@H]([C@H](OC)c2ccc(O)cc2)C(=O)N2CC[C@H](Cl)C[C@H]2C(=O)O[C@H]1C(C)C)[C@H](C)C(C)(C)C(N)=O)[C@H](C)N)[C@H](C)O. The van der Waals surface area contributed by atoms with Gasteiger partial charge in [-0.05, 0) is 96.8 Å². The molecule has 0 spiro atoms. The lowest BCUT2D eigenvalue weighted by atomic mass is 9.74. The van der Waals surface area contributed by atoms with Gasteiger partial charge in [-0.3, -0.25) is 57.5 Å². The summed E-state index contributed by atoms with van der Waals surface area (Å²) in [5, 5.41) is 74.9. The summed E-state index contributed by atoms with van der Waals surface area (Å²) in [6.45, 7) is 16.7. The van der Waals surface area contributed by atoms with E-state index in [1.165, 1.54) is 98.9 Å². The first-order valence-corrected chi connectivity index (χ1v) is 34.3. The number of likely N-dealkylation sites (N-methyl/N-ethyl adjacent to an activating group) is 1. The van der Waals surface area contributed by atoms with Crippen molar-refractivity contribution in [2.75, 3.05) is 47.5 Å². The van der Waals surface area contributed by atoms with Gasteiger partial charge in [0.25, 0.3) is 5.91 Å². The second-order valence-corrected chi connectivity index (χ2v) is 28.3. The van der Waals surface area contributed by atoms with Gasteiger partial charge < -0.3 is 109 Å². The third kappa shape index (κ3) is 23.8. The minimum atomic E-state index is -2.48. The van der Waals surface area contributed by atoms with E-state index in [-0.39, 0.29) is 36.6 Å². The van der Waals surface area contributed by atoms with Crippen LogP contribution in [0.5, 0.6) is 5.75 Å². The van der Waals surface area contributed by atoms with Crippen molar-refractivity contribution in [2.24, 2.45) is 34.6 Å². The lowest BCUT2D eigenvalue weighted by Crippen LogP contribution is -2.69. The van der Waals surface area contributed by atoms with Gasteiger partial charge in [0.1, 0.15) is 77.9 Å². The molecule has 12 amide bonds. The van der Waals surface area contributed by atoms with Crippen LogP contribution in [0.2, 0.25) is 0 Å². The number of aromatic hydroxyl groups is 1. The Hall–Kier alpha value is -8.38. The summed E-state index contributed by atoms with van der Waals surface area (Å²) in [5.74, 6) is -17.4. The molecule has 0 radical (unpaired) electrons. The number of nitrogens with two attached hydrogens (primary N) is 2. The van der Waals surface area contributed by atoms with E-state index >= 15 is 19.2 Å². The quantitative estimate of drug-likeness (QED) is 0.0233. The standard InChI is InChI=1S/C68H108ClN13O21/c1-18-33(4)27-34(5)19-24-45(86)68(14,100)65(99)73-30-47(88)80-67(13,39(10)84)64(98)79-49(36(7)70)57(91)76-48(35(6)66(11,12)63(71)97)56(90)77-50-53(32(2)3)103-62(96)44-28-41(69)25-26-82(44)61(95)51(54(102-17)40-20-22-42(85)23-21-40)78-59(93)52(38(9)83)81(15)60(94)37(8)74-46(87)29-72-55(89)43(31-101-16)75-58(50)92/h19-24,27,32-33,35-39,41,43-45,48-54,83-86,100H,18,25-26,28-31,70H2,1-17H3,(H2,71,97)(H,72,89)(H,73,99)(H,74,87)(H,75,92)(H,76,91)(H,77,90)(H,78,93)(H,79,98)(H,80,88)/t33-,35+,36+,37+,38+,39+,41+,43-,44+,45+,48+,49+,50+,51-,52+,53+,54-,67-,68+/m1/s1. The molecular weight excluding hydrogens is 1370 g/mol. The first-order valence-electron chi connectivity index (χ1n) is 33.8. The van der Waals surface area contributed by atoms with Gasteiger partial charge in [-0.2, -0.15) is 0 Å². The van der Waals surface area contributed by atoms with Gasteiger partial charge >= 0.3 is 5.97 Å². The van der Waals surface area contributed by atoms with Crippen LogP contribution in [0.4, 0.5) is 0 Å². The molecule has 34 nitrogen and oxygen atoms in total. The number of halogens is 1. The molecule has 103 heavy (non-hydrogen) atoms. The van der Waals surface area contributed by atoms with E-state index < -0.39 is 215 Å². The average Bonchev–Trinajstić information content (AvgIpc) is 0.798. The van der Waals surface area contributed by atoms with Crippen LogP contribution in [0, 0.1) is 23.2 Å². The topological polar surface area (TPSA) is 518 Å². The molecule has 3 rings (SSSR count). The number of allylic oxidation sites excluding steroid dienone is 3. The number of alkyl halides is 1. The second-order valence-electron chi connectivity index (χ2n) is 27.7. The molecule has 0 saturated carbocycles. The number of hydrogen-bond donors (Lipinski definition) is 16. The van der Waals surface area contributed by atoms with Gasteiger partial charge in [0.2, 0.25) is 65.0 Å². The molecule has 0 bridgehead atoms. The molecule has 35 heteroatoms. The van der Waals surface area contributed by atoms with Crippen LogP contribution in [0.15, 0.2) is 48.1 Å². The third-order valence-corrected chi connectivity index (χ3v) is 19.1. The maximum Gasteiger partial charge on any atom is 0.329 e. The number of nitrogens with zero attached hydrogens (tertiary/aromatic N) is 2. The highest BCUT2D eigenvalue weighted by atomic mass is 35.5. The molecule has 0 aromatic heterocycles. The van der Waals surface area contributed by atoms with Crippen molar-refractivity contribution < 1.29 is 102 Å². The summed E-state index contributed by atoms with van der Waals surface area (Å²) in [6, 6.07) is -10.7. The summed E-state index contributed by atoms with van der Waals surface area (Å²) in [4.78, 5) is 189. The maximum absolute atomic E-state index is 15.5. The van der Waals surface area contributed by atoms with Crippen LogP contribution in [0.25, 0.3) is 0 Å². The molecule has 578 valence electrons. The highest BCUT2D eigenvalue weighted by Gasteiger charge is 2.50. The molecule has 2 aliphatic heterocycles. The summed E-state index contributed by atoms with van der Waals surface area (Å²) in [6.07, 6.45) is -3.36. The molecule has 1 aromatic carbocycles. The molecule has 19 atom stereocenters. The highest BCUT2D eigenvalue weighted by molar-refractivity contribution is 6.21. The van der Waals surface area contributed by atoms with Crippen LogP contribution < -0.4 is 59.3 Å². The minimum Gasteiger partial charge on any atom is -0.508 e. The van der Waals surface area contributed by atoms with E-state index in [1.54, 1.807) is 6.92 Å². The molecule has 0 aliphatic carbocycles. The Bertz CT molecular complexity index is 3260. The predicted octanol–water partition coefficient (Wildman–Crippen LogP) is -3.31. The fourth-order valence-corrected chi connectivity index (χ4v) is 11.5. The van der Waals surface area contributed by atoms with E-state index in [0.29, 0.717) is 0 Å². The van der Waals surface area contributed by atoms with Crippen LogP contribution in [-0.4, -0.2) is 255 Å². The number of ether oxygens (including phenoxy) is 3. The zero-order chi connectivity index (χ0) is 78.7. The van der Waals surface area contributed by atoms with E-state index in [9.17, 15) is 68.7 Å². The number of fused-ring (bicyclic) bond motifs is 1. The number of hydrogen-bond acceptors (Lipinski definition) is 22. The van der Waals surface area contributed by atoms with Gasteiger partial charge in [0.15, 0.2) is 5.60 Å². The number of esters is 1. The van der Waals surface area contributed by atoms with Crippen molar-refractivity contribution in [3.05, 3.63) is 53.6 Å². The van der Waals surface area contributed by atoms with Crippen molar-refractivity contribution in [1.82, 2.24) is 57.7 Å². The Balaban J connectivity index is 2.26. The molecule has 2 saturated heterocycles. The second kappa shape index (κ2) is 38.9. The third-order valence-electron chi connectivity index (χ3n) is 18.7. The molecular formula is C68H108ClN13O21. The molecule has 2 heterocycles. The molecule has 1 aromatic rings. The fraction of sp³-hybridized carbons (Fsp3) is 0.662. The predicted molar refractivity (Wildman–Crippen MR) is 373 cm³/mol. The lowest BCUT2D eigenvalue weighted by molar-refractivity contribution is -0.168. The minimum absolute atomic E-state index is 0.0376. The first-order chi connectivity index (χ1) is 47.7. The van der Waals surface area contributed by atoms with Crippen molar-refractivity contribution in [3.8, 4) is 5.75 Å². The first kappa shape index (κ1) is 88.8. The van der Waals surface area contributed by atoms with Gasteiger partial charge in [0.05, 0.1) is 31.9 Å². The molecule has 18 N–H and O–H groups in total. The number of primary amides is 1. The number of carbonyl (C=O) groups is 13. The lowest BCUT2D eigenvalue weighted by Gasteiger charge is -2.41. The van der Waals surface area contributed by atoms with Crippen molar-refractivity contribution in [2.45, 2.75) is 218 Å². The number of methoxy groups -OCH3 is 2. The number of phenolic OH excluding ortho intramolecular Hbond substituents is 1. The van der Waals surface area contributed by atoms with Crippen LogP contribution in [0.3, 0.4) is 0 Å². The Morgan fingerprint density at radius 3 is 1.99 bits per heavy atom. The van der Waals surface area contributed by atoms with Crippen LogP contribution in [0.1, 0.15) is 128 Å². The van der Waals surface area contributed by atoms with Gasteiger partial charge in [0, 0.05) is 44.6 Å². The van der Waals surface area contributed by atoms with E-state index in [0.717, 1.165) is 56.7 Å². The average molecular weight is 1480 g/mol. The number of phenols is 1. The van der Waals surface area contributed by atoms with Crippen LogP contribution >= 0.6 is 11.6 Å². The van der Waals surface area contributed by atoms with Gasteiger partial charge in [-0.25, -0.2) is 4.79 Å². The van der Waals surface area contributed by atoms with Crippen LogP contribution in [-0.2, 0) is 76.5 Å². The largest absolute Gasteiger partial charge is 0.508 e. The monoisotopic (exact) mass is 1480 g/mol. The Morgan fingerprint density at radius 2 is 1.46 bits per heavy atom. The molecule has 2 fully saturated rings. The summed E-state index contributed by atoms with van der Waals surface area (Å²) in [7, 11) is 3.49. The van der Waals surface area contributed by atoms with Crippen molar-refractivity contribution in [3.63, 3.8) is 0 Å². The summed E-state index contributed by atoms with van der Waals surface area (Å²) < 4.78 is 17.4. The number of aliphatic hydroxyl groups excluding tert-OH is 3. The van der Waals surface area contributed by atoms with E-state index in [2.05, 4.69) is 47.9 Å². The number of amides is 12. The zero-order valence-corrected chi connectivity index (χ0v) is 62.3. The van der Waals surface area contributed by atoms with Gasteiger partial charge in [-0.1, -0.05) is 90.8 Å². The number of rotatable bonds is 27. The number of nitrogens with one attached hydrogen (secondary N) is 9. The Morgan fingerprint density at radius 1 is 0.845 bits per heavy atom. The van der Waals surface area contributed by atoms with E-state index in [1.807, 2.05) is 19.9 Å². The number of piperidine rings is 1. The molecule has 0 unspecified atom stereocenters. The van der Waals surface area contributed by atoms with Crippen molar-refractivity contribution >= 4 is 88.5 Å². The number of cyclic esters (lactones) is 1. The number of aliphatic hydroxyl groups is 4. The zero-order valence-electron chi connectivity index (χ0n) is 61.6. The Kier molecular flexibility index (Phi) is 33.6. The smallest absolute Gasteiger partial charge is 0.329 e. The molecule has 2 aliphatic rings. The van der Waals surface area contributed by atoms with Crippen molar-refractivity contribution in [1.29, 1.82) is 0 Å². The summed E-state index contributed by atoms with van der Waals surface area (Å²) >= 11 is 6.77. The van der Waals surface area contributed by atoms with Gasteiger partial charge in [-0.15, -0.1) is 11.6 Å².